The number of halogens is 1. The van der Waals surface area contributed by atoms with Crippen molar-refractivity contribution in [1.29, 1.82) is 0 Å². The number of ether oxygens (including phenoxy) is 1. The lowest BCUT2D eigenvalue weighted by molar-refractivity contribution is -0.134. The van der Waals surface area contributed by atoms with Crippen LogP contribution in [0.25, 0.3) is 0 Å². The van der Waals surface area contributed by atoms with Crippen LogP contribution in [0.15, 0.2) is 59.2 Å². The van der Waals surface area contributed by atoms with E-state index in [1.165, 1.54) is 6.26 Å². The fourth-order valence-corrected chi connectivity index (χ4v) is 4.25. The summed E-state index contributed by atoms with van der Waals surface area (Å²) in [4.78, 5) is 40.9. The van der Waals surface area contributed by atoms with E-state index in [9.17, 15) is 14.4 Å². The van der Waals surface area contributed by atoms with Crippen LogP contribution in [0.5, 0.6) is 0 Å². The van der Waals surface area contributed by atoms with E-state index >= 15 is 0 Å². The molecule has 2 aromatic heterocycles. The normalized spacial score (nSPS) is 13.7. The lowest BCUT2D eigenvalue weighted by Gasteiger charge is -2.36. The molecule has 1 N–H and O–H groups in total. The molecule has 4 rings (SSSR count). The summed E-state index contributed by atoms with van der Waals surface area (Å²) in [6, 6.07) is 13.9. The Kier molecular flexibility index (Phi) is 6.77. The Balaban J connectivity index is 1.23. The van der Waals surface area contributed by atoms with Crippen molar-refractivity contribution in [2.75, 3.05) is 43.0 Å². The monoisotopic (exact) mass is 473 g/mol. The Morgan fingerprint density at radius 2 is 1.88 bits per heavy atom. The highest BCUT2D eigenvalue weighted by molar-refractivity contribution is 7.18. The Morgan fingerprint density at radius 3 is 2.59 bits per heavy atom. The van der Waals surface area contributed by atoms with Gasteiger partial charge in [0.1, 0.15) is 4.88 Å². The van der Waals surface area contributed by atoms with E-state index in [1.807, 2.05) is 24.3 Å². The Hall–Kier alpha value is -3.30. The van der Waals surface area contributed by atoms with Crippen molar-refractivity contribution in [3.63, 3.8) is 0 Å². The number of benzene rings is 1. The number of amides is 2. The summed E-state index contributed by atoms with van der Waals surface area (Å²) in [7, 11) is 0. The lowest BCUT2D eigenvalue weighted by atomic mass is 10.2. The van der Waals surface area contributed by atoms with Crippen LogP contribution < -0.4 is 10.2 Å². The smallest absolute Gasteiger partial charge is 0.348 e. The maximum Gasteiger partial charge on any atom is 0.348 e. The van der Waals surface area contributed by atoms with Crippen LogP contribution in [-0.2, 0) is 9.53 Å². The number of hydrogen-bond acceptors (Lipinski definition) is 7. The highest BCUT2D eigenvalue weighted by Crippen LogP contribution is 2.24. The molecule has 1 aliphatic heterocycles. The summed E-state index contributed by atoms with van der Waals surface area (Å²) in [5, 5.41) is 3.79. The first-order chi connectivity index (χ1) is 15.5. The molecule has 0 atom stereocenters. The van der Waals surface area contributed by atoms with Gasteiger partial charge in [-0.15, -0.1) is 11.3 Å². The predicted octanol–water partition coefficient (Wildman–Crippen LogP) is 3.75. The first-order valence-electron chi connectivity index (χ1n) is 9.90. The van der Waals surface area contributed by atoms with Crippen LogP contribution in [0.3, 0.4) is 0 Å². The molecule has 1 fully saturated rings. The minimum atomic E-state index is -0.612. The Labute approximate surface area is 193 Å². The van der Waals surface area contributed by atoms with E-state index in [2.05, 4.69) is 10.2 Å². The average molecular weight is 474 g/mol. The first kappa shape index (κ1) is 21.9. The number of furan rings is 1. The Bertz CT molecular complexity index is 1110. The molecule has 0 bridgehead atoms. The van der Waals surface area contributed by atoms with Crippen LogP contribution in [0.1, 0.15) is 20.2 Å². The van der Waals surface area contributed by atoms with Gasteiger partial charge < -0.3 is 24.3 Å². The second-order valence-electron chi connectivity index (χ2n) is 7.02. The van der Waals surface area contributed by atoms with Crippen LogP contribution in [0.4, 0.5) is 10.7 Å². The third kappa shape index (κ3) is 5.30. The van der Waals surface area contributed by atoms with Crippen LogP contribution in [0, 0.1) is 0 Å². The zero-order valence-corrected chi connectivity index (χ0v) is 18.5. The van der Waals surface area contributed by atoms with Crippen molar-refractivity contribution in [3.05, 3.63) is 70.5 Å². The molecule has 2 amide bonds. The van der Waals surface area contributed by atoms with Crippen molar-refractivity contribution in [3.8, 4) is 0 Å². The predicted molar refractivity (Wildman–Crippen MR) is 122 cm³/mol. The summed E-state index contributed by atoms with van der Waals surface area (Å²) in [5.41, 5.74) is 1.02. The van der Waals surface area contributed by atoms with Crippen molar-refractivity contribution in [1.82, 2.24) is 4.90 Å². The molecule has 0 saturated carbocycles. The standard InChI is InChI=1S/C22H20ClN3O5S/c23-15-3-1-4-16(13-15)25-8-10-26(11-9-25)20(27)14-31-22(29)18-6-7-19(32-18)24-21(28)17-5-2-12-30-17/h1-7,12-13H,8-11,14H2,(H,24,28). The topological polar surface area (TPSA) is 92.1 Å². The average Bonchev–Trinajstić information content (AvgIpc) is 3.50. The van der Waals surface area contributed by atoms with Gasteiger partial charge in [0.25, 0.3) is 11.8 Å². The molecule has 10 heteroatoms. The fraction of sp³-hybridized carbons (Fsp3) is 0.227. The minimum Gasteiger partial charge on any atom is -0.459 e. The van der Waals surface area contributed by atoms with E-state index in [0.29, 0.717) is 41.1 Å². The molecule has 1 aromatic carbocycles. The summed E-state index contributed by atoms with van der Waals surface area (Å²) >= 11 is 7.11. The maximum atomic E-state index is 12.5. The SMILES string of the molecule is O=C(Nc1ccc(C(=O)OCC(=O)N2CCN(c3cccc(Cl)c3)CC2)s1)c1ccco1. The molecule has 1 saturated heterocycles. The molecule has 1 aliphatic rings. The number of piperazine rings is 1. The number of nitrogens with zero attached hydrogens (tertiary/aromatic N) is 2. The number of anilines is 2. The van der Waals surface area contributed by atoms with Gasteiger partial charge in [0.15, 0.2) is 12.4 Å². The number of carbonyl (C=O) groups excluding carboxylic acids is 3. The molecular formula is C22H20ClN3O5S. The largest absolute Gasteiger partial charge is 0.459 e. The van der Waals surface area contributed by atoms with Crippen LogP contribution in [-0.4, -0.2) is 55.5 Å². The van der Waals surface area contributed by atoms with Crippen molar-refractivity contribution < 1.29 is 23.5 Å². The number of carbonyl (C=O) groups is 3. The van der Waals surface area contributed by atoms with Gasteiger partial charge >= 0.3 is 5.97 Å². The third-order valence-corrected chi connectivity index (χ3v) is 6.14. The van der Waals surface area contributed by atoms with Crippen molar-refractivity contribution >= 4 is 51.4 Å². The number of thiophene rings is 1. The van der Waals surface area contributed by atoms with Gasteiger partial charge in [-0.3, -0.25) is 9.59 Å². The van der Waals surface area contributed by atoms with Gasteiger partial charge in [-0.05, 0) is 42.5 Å². The number of hydrogen-bond donors (Lipinski definition) is 1. The number of rotatable bonds is 6. The molecule has 0 spiro atoms. The Morgan fingerprint density at radius 1 is 1.06 bits per heavy atom. The van der Waals surface area contributed by atoms with Crippen LogP contribution in [0.2, 0.25) is 5.02 Å². The molecule has 32 heavy (non-hydrogen) atoms. The molecule has 0 radical (unpaired) electrons. The van der Waals surface area contributed by atoms with Gasteiger partial charge in [-0.1, -0.05) is 17.7 Å². The zero-order valence-electron chi connectivity index (χ0n) is 17.0. The molecule has 0 aliphatic carbocycles. The lowest BCUT2D eigenvalue weighted by Crippen LogP contribution is -2.49. The first-order valence-corrected chi connectivity index (χ1v) is 11.1. The van der Waals surface area contributed by atoms with Gasteiger partial charge in [-0.2, -0.15) is 0 Å². The van der Waals surface area contributed by atoms with E-state index in [-0.39, 0.29) is 18.3 Å². The molecule has 3 heterocycles. The maximum absolute atomic E-state index is 12.5. The highest BCUT2D eigenvalue weighted by Gasteiger charge is 2.23. The number of nitrogens with one attached hydrogen (secondary N) is 1. The molecular weight excluding hydrogens is 454 g/mol. The second-order valence-corrected chi connectivity index (χ2v) is 8.54. The molecule has 8 nitrogen and oxygen atoms in total. The number of esters is 1. The van der Waals surface area contributed by atoms with Crippen molar-refractivity contribution in [2.45, 2.75) is 0 Å². The summed E-state index contributed by atoms with van der Waals surface area (Å²) in [6.45, 7) is 2.07. The van der Waals surface area contributed by atoms with Gasteiger partial charge in [-0.25, -0.2) is 4.79 Å². The van der Waals surface area contributed by atoms with E-state index < -0.39 is 11.9 Å². The summed E-state index contributed by atoms with van der Waals surface area (Å²) < 4.78 is 10.2. The second kappa shape index (κ2) is 9.88. The quantitative estimate of drug-likeness (QED) is 0.548. The highest BCUT2D eigenvalue weighted by atomic mass is 35.5. The van der Waals surface area contributed by atoms with E-state index in [4.69, 9.17) is 20.8 Å². The van der Waals surface area contributed by atoms with E-state index in [0.717, 1.165) is 17.0 Å². The zero-order chi connectivity index (χ0) is 22.5. The molecule has 3 aromatic rings. The van der Waals surface area contributed by atoms with Crippen molar-refractivity contribution in [2.24, 2.45) is 0 Å². The molecule has 0 unspecified atom stereocenters. The van der Waals surface area contributed by atoms with E-state index in [1.54, 1.807) is 29.2 Å². The molecule has 166 valence electrons. The fourth-order valence-electron chi connectivity index (χ4n) is 3.27. The van der Waals surface area contributed by atoms with Gasteiger partial charge in [0.2, 0.25) is 0 Å². The van der Waals surface area contributed by atoms with Gasteiger partial charge in [0, 0.05) is 36.9 Å². The minimum absolute atomic E-state index is 0.170. The van der Waals surface area contributed by atoms with Crippen LogP contribution >= 0.6 is 22.9 Å². The summed E-state index contributed by atoms with van der Waals surface area (Å²) in [5.74, 6) is -1.10. The summed E-state index contributed by atoms with van der Waals surface area (Å²) in [6.07, 6.45) is 1.40. The third-order valence-electron chi connectivity index (χ3n) is 4.92. The van der Waals surface area contributed by atoms with Gasteiger partial charge in [0.05, 0.1) is 11.3 Å².